The van der Waals surface area contributed by atoms with E-state index in [1.165, 1.54) is 8.47 Å². The molecule has 1 fully saturated rings. The van der Waals surface area contributed by atoms with Crippen molar-refractivity contribution < 1.29 is 19.1 Å². The number of thioether (sulfide) groups is 1. The Kier molecular flexibility index (Phi) is 7.72. The van der Waals surface area contributed by atoms with Gasteiger partial charge in [-0.1, -0.05) is 42.0 Å². The van der Waals surface area contributed by atoms with Crippen LogP contribution >= 0.6 is 34.4 Å². The third kappa shape index (κ3) is 6.39. The first-order chi connectivity index (χ1) is 16.0. The minimum atomic E-state index is -0.295. The highest BCUT2D eigenvalue weighted by Crippen LogP contribution is 2.32. The number of hydrogen-bond donors (Lipinski definition) is 0. The molecule has 0 unspecified atom stereocenters. The smallest absolute Gasteiger partial charge is 0.293 e. The molecule has 33 heavy (non-hydrogen) atoms. The van der Waals surface area contributed by atoms with Crippen molar-refractivity contribution in [1.29, 1.82) is 0 Å². The molecule has 168 valence electrons. The third-order valence-corrected chi connectivity index (χ3v) is 6.60. The molecule has 0 bridgehead atoms. The lowest BCUT2D eigenvalue weighted by atomic mass is 10.2. The number of aryl methyl sites for hydroxylation is 1. The molecule has 1 heterocycles. The minimum Gasteiger partial charge on any atom is -0.492 e. The first-order valence-corrected chi connectivity index (χ1v) is 12.3. The van der Waals surface area contributed by atoms with Crippen LogP contribution in [0.3, 0.4) is 0 Å². The van der Waals surface area contributed by atoms with Crippen LogP contribution in [0.1, 0.15) is 16.7 Å². The summed E-state index contributed by atoms with van der Waals surface area (Å²) in [4.78, 5) is 26.6. The lowest BCUT2D eigenvalue weighted by molar-refractivity contribution is -0.123. The van der Waals surface area contributed by atoms with Crippen LogP contribution in [0.4, 0.5) is 4.79 Å². The molecule has 3 aromatic rings. The molecule has 1 saturated heterocycles. The van der Waals surface area contributed by atoms with E-state index >= 15 is 0 Å². The number of ether oxygens (including phenoxy) is 2. The highest BCUT2D eigenvalue weighted by Gasteiger charge is 2.34. The Hall–Kier alpha value is -2.78. The molecule has 1 aliphatic rings. The first-order valence-electron chi connectivity index (χ1n) is 10.4. The average Bonchev–Trinajstić information content (AvgIpc) is 3.08. The summed E-state index contributed by atoms with van der Waals surface area (Å²) in [5, 5.41) is -0.281. The quantitative estimate of drug-likeness (QED) is 0.235. The summed E-state index contributed by atoms with van der Waals surface area (Å²) in [6, 6.07) is 23.3. The van der Waals surface area contributed by atoms with E-state index in [-0.39, 0.29) is 24.3 Å². The van der Waals surface area contributed by atoms with Gasteiger partial charge in [-0.15, -0.1) is 0 Å². The first kappa shape index (κ1) is 23.4. The van der Waals surface area contributed by atoms with Crippen LogP contribution < -0.4 is 9.47 Å². The molecule has 5 nitrogen and oxygen atoms in total. The van der Waals surface area contributed by atoms with E-state index in [1.54, 1.807) is 6.08 Å². The fraction of sp³-hybridized carbons (Fsp3) is 0.154. The molecular formula is C26H22INO4S. The molecule has 1 aliphatic heterocycles. The predicted octanol–water partition coefficient (Wildman–Crippen LogP) is 6.29. The summed E-state index contributed by atoms with van der Waals surface area (Å²) in [5.41, 5.74) is 3.07. The third-order valence-electron chi connectivity index (χ3n) is 4.97. The molecule has 4 rings (SSSR count). The van der Waals surface area contributed by atoms with Gasteiger partial charge in [0.05, 0.1) is 11.4 Å². The maximum atomic E-state index is 12.7. The maximum Gasteiger partial charge on any atom is 0.293 e. The van der Waals surface area contributed by atoms with Gasteiger partial charge in [0.2, 0.25) is 0 Å². The topological polar surface area (TPSA) is 55.8 Å². The van der Waals surface area contributed by atoms with Crippen molar-refractivity contribution in [2.75, 3.05) is 13.2 Å². The molecular weight excluding hydrogens is 549 g/mol. The van der Waals surface area contributed by atoms with Gasteiger partial charge in [-0.2, -0.15) is 0 Å². The Morgan fingerprint density at radius 3 is 2.21 bits per heavy atom. The SMILES string of the molecule is Cc1ccc(OCCN2C(=O)S/C(=C\c3ccc(OCc4ccc(I)cc4)cc3)C2=O)cc1. The molecule has 0 N–H and O–H groups in total. The molecule has 0 atom stereocenters. The zero-order chi connectivity index (χ0) is 23.2. The predicted molar refractivity (Wildman–Crippen MR) is 139 cm³/mol. The summed E-state index contributed by atoms with van der Waals surface area (Å²) in [6.07, 6.45) is 1.73. The van der Waals surface area contributed by atoms with E-state index in [2.05, 4.69) is 22.6 Å². The lowest BCUT2D eigenvalue weighted by Gasteiger charge is -2.13. The number of carbonyl (C=O) groups excluding carboxylic acids is 2. The second-order valence-electron chi connectivity index (χ2n) is 7.48. The molecule has 0 radical (unpaired) electrons. The van der Waals surface area contributed by atoms with Crippen molar-refractivity contribution in [2.24, 2.45) is 0 Å². The molecule has 7 heteroatoms. The van der Waals surface area contributed by atoms with Crippen molar-refractivity contribution >= 4 is 51.6 Å². The Morgan fingerprint density at radius 1 is 0.879 bits per heavy atom. The zero-order valence-corrected chi connectivity index (χ0v) is 21.0. The molecule has 0 saturated carbocycles. The van der Waals surface area contributed by atoms with E-state index in [1.807, 2.05) is 79.7 Å². The van der Waals surface area contributed by atoms with Crippen LogP contribution in [-0.4, -0.2) is 29.2 Å². The molecule has 0 aromatic heterocycles. The highest BCUT2D eigenvalue weighted by molar-refractivity contribution is 14.1. The van der Waals surface area contributed by atoms with Crippen LogP contribution in [0.2, 0.25) is 0 Å². The van der Waals surface area contributed by atoms with Crippen LogP contribution in [-0.2, 0) is 11.4 Å². The summed E-state index contributed by atoms with van der Waals surface area (Å²) < 4.78 is 12.7. The maximum absolute atomic E-state index is 12.7. The Morgan fingerprint density at radius 2 is 1.52 bits per heavy atom. The number of hydrogen-bond acceptors (Lipinski definition) is 5. The Labute approximate surface area is 210 Å². The van der Waals surface area contributed by atoms with Gasteiger partial charge in [-0.25, -0.2) is 0 Å². The summed E-state index contributed by atoms with van der Waals surface area (Å²) >= 11 is 3.22. The average molecular weight is 571 g/mol. The fourth-order valence-corrected chi connectivity index (χ4v) is 4.37. The summed E-state index contributed by atoms with van der Waals surface area (Å²) in [6.45, 7) is 2.95. The normalized spacial score (nSPS) is 14.7. The van der Waals surface area contributed by atoms with E-state index in [0.717, 1.165) is 34.2 Å². The van der Waals surface area contributed by atoms with Gasteiger partial charge in [-0.3, -0.25) is 14.5 Å². The van der Waals surface area contributed by atoms with E-state index in [9.17, 15) is 9.59 Å². The number of imide groups is 1. The zero-order valence-electron chi connectivity index (χ0n) is 18.0. The van der Waals surface area contributed by atoms with Crippen molar-refractivity contribution in [1.82, 2.24) is 4.90 Å². The van der Waals surface area contributed by atoms with E-state index < -0.39 is 0 Å². The van der Waals surface area contributed by atoms with Gasteiger partial charge in [0.1, 0.15) is 24.7 Å². The van der Waals surface area contributed by atoms with Gasteiger partial charge in [-0.05, 0) is 94.9 Å². The van der Waals surface area contributed by atoms with Crippen molar-refractivity contribution in [3.8, 4) is 11.5 Å². The molecule has 2 amide bonds. The monoisotopic (exact) mass is 571 g/mol. The number of halogens is 1. The second-order valence-corrected chi connectivity index (χ2v) is 9.72. The van der Waals surface area contributed by atoms with Crippen molar-refractivity contribution in [3.05, 3.63) is 98.0 Å². The van der Waals surface area contributed by atoms with Gasteiger partial charge in [0.15, 0.2) is 0 Å². The number of nitrogens with zero attached hydrogens (tertiary/aromatic N) is 1. The summed E-state index contributed by atoms with van der Waals surface area (Å²) in [5.74, 6) is 1.16. The van der Waals surface area contributed by atoms with Crippen LogP contribution in [0.5, 0.6) is 11.5 Å². The lowest BCUT2D eigenvalue weighted by Crippen LogP contribution is -2.32. The largest absolute Gasteiger partial charge is 0.492 e. The Balaban J connectivity index is 1.31. The van der Waals surface area contributed by atoms with Crippen LogP contribution in [0.15, 0.2) is 77.7 Å². The van der Waals surface area contributed by atoms with Gasteiger partial charge >= 0.3 is 0 Å². The number of amides is 2. The van der Waals surface area contributed by atoms with Gasteiger partial charge in [0, 0.05) is 3.57 Å². The molecule has 3 aromatic carbocycles. The highest BCUT2D eigenvalue weighted by atomic mass is 127. The van der Waals surface area contributed by atoms with Crippen LogP contribution in [0.25, 0.3) is 6.08 Å². The number of rotatable bonds is 8. The minimum absolute atomic E-state index is 0.210. The standard InChI is InChI=1S/C26H22INO4S/c1-18-2-10-22(11-3-18)31-15-14-28-25(29)24(33-26(28)30)16-19-6-12-23(13-7-19)32-17-20-4-8-21(27)9-5-20/h2-13,16H,14-15,17H2,1H3/b24-16-. The number of benzene rings is 3. The fourth-order valence-electron chi connectivity index (χ4n) is 3.14. The Bertz CT molecular complexity index is 1160. The number of carbonyl (C=O) groups is 2. The van der Waals surface area contributed by atoms with Gasteiger partial charge < -0.3 is 9.47 Å². The van der Waals surface area contributed by atoms with Gasteiger partial charge in [0.25, 0.3) is 11.1 Å². The van der Waals surface area contributed by atoms with E-state index in [0.29, 0.717) is 17.3 Å². The molecule has 0 aliphatic carbocycles. The van der Waals surface area contributed by atoms with Crippen molar-refractivity contribution in [2.45, 2.75) is 13.5 Å². The van der Waals surface area contributed by atoms with E-state index in [4.69, 9.17) is 9.47 Å². The van der Waals surface area contributed by atoms with Crippen molar-refractivity contribution in [3.63, 3.8) is 0 Å². The van der Waals surface area contributed by atoms with Crippen LogP contribution in [0, 0.1) is 10.5 Å². The molecule has 0 spiro atoms. The summed E-state index contributed by atoms with van der Waals surface area (Å²) in [7, 11) is 0. The second kappa shape index (κ2) is 10.9.